The molecule has 39 heavy (non-hydrogen) atoms. The highest BCUT2D eigenvalue weighted by Crippen LogP contribution is 2.39. The van der Waals surface area contributed by atoms with E-state index in [9.17, 15) is 4.79 Å². The zero-order chi connectivity index (χ0) is 27.4. The van der Waals surface area contributed by atoms with Gasteiger partial charge in [-0.2, -0.15) is 4.68 Å². The number of rotatable bonds is 9. The van der Waals surface area contributed by atoms with Crippen LogP contribution in [0.1, 0.15) is 31.0 Å². The summed E-state index contributed by atoms with van der Waals surface area (Å²) in [5.74, 6) is 1.80. The molecule has 11 heteroatoms. The minimum Gasteiger partial charge on any atom is -0.493 e. The molecule has 0 radical (unpaired) electrons. The zero-order valence-corrected chi connectivity index (χ0v) is 23.2. The van der Waals surface area contributed by atoms with E-state index in [0.717, 1.165) is 15.6 Å². The van der Waals surface area contributed by atoms with E-state index >= 15 is 0 Å². The summed E-state index contributed by atoms with van der Waals surface area (Å²) in [6.07, 6.45) is 0. The third kappa shape index (κ3) is 5.58. The van der Waals surface area contributed by atoms with E-state index in [2.05, 4.69) is 42.1 Å². The Kier molecular flexibility index (Phi) is 7.78. The number of carbonyl (C=O) groups is 1. The van der Waals surface area contributed by atoms with Crippen molar-refractivity contribution in [1.82, 2.24) is 20.2 Å². The van der Waals surface area contributed by atoms with E-state index in [-0.39, 0.29) is 5.91 Å². The molecule has 0 fully saturated rings. The van der Waals surface area contributed by atoms with Gasteiger partial charge in [0.1, 0.15) is 18.4 Å². The summed E-state index contributed by atoms with van der Waals surface area (Å²) in [5, 5.41) is 18.2. The fourth-order valence-corrected chi connectivity index (χ4v) is 4.86. The third-order valence-corrected chi connectivity index (χ3v) is 6.67. The maximum Gasteiger partial charge on any atom is 0.255 e. The second-order valence-corrected chi connectivity index (χ2v) is 9.64. The predicted molar refractivity (Wildman–Crippen MR) is 150 cm³/mol. The second-order valence-electron chi connectivity index (χ2n) is 8.73. The van der Waals surface area contributed by atoms with E-state index in [0.29, 0.717) is 53.4 Å². The fraction of sp³-hybridized carbons (Fsp3) is 0.214. The van der Waals surface area contributed by atoms with Crippen LogP contribution in [0.25, 0.3) is 0 Å². The molecule has 1 amide bonds. The van der Waals surface area contributed by atoms with Gasteiger partial charge in [0.05, 0.1) is 25.0 Å². The van der Waals surface area contributed by atoms with Gasteiger partial charge in [-0.3, -0.25) is 4.79 Å². The number of anilines is 2. The molecule has 5 rings (SSSR count). The fourth-order valence-electron chi connectivity index (χ4n) is 4.42. The zero-order valence-electron chi connectivity index (χ0n) is 21.6. The molecular weight excluding hydrogens is 564 g/mol. The number of carbonyl (C=O) groups excluding carboxylic acids is 1. The number of tetrazole rings is 1. The highest BCUT2D eigenvalue weighted by Gasteiger charge is 2.35. The largest absolute Gasteiger partial charge is 0.493 e. The number of hydrogen-bond donors (Lipinski definition) is 2. The average Bonchev–Trinajstić information content (AvgIpc) is 3.40. The standard InChI is InChI=1S/C28H27BrN6O4/c1-4-38-22-11-6-5-10-21(22)31-27(36)25-17(2)30-28-32-33-34-35(28)26(25)19-12-13-23(24(15-19)37-3)39-16-18-8-7-9-20(29)14-18/h5-15,26H,4,16H2,1-3H3,(H,31,36)(H,30,32,34). The van der Waals surface area contributed by atoms with Crippen LogP contribution in [0.3, 0.4) is 0 Å². The minimum atomic E-state index is -0.622. The van der Waals surface area contributed by atoms with Crippen molar-refractivity contribution >= 4 is 33.5 Å². The second kappa shape index (κ2) is 11.6. The molecule has 4 aromatic rings. The topological polar surface area (TPSA) is 112 Å². The smallest absolute Gasteiger partial charge is 0.255 e. The van der Waals surface area contributed by atoms with Gasteiger partial charge in [0.15, 0.2) is 11.5 Å². The lowest BCUT2D eigenvalue weighted by atomic mass is 9.94. The summed E-state index contributed by atoms with van der Waals surface area (Å²) in [6, 6.07) is 20.1. The molecule has 10 nitrogen and oxygen atoms in total. The Morgan fingerprint density at radius 2 is 1.90 bits per heavy atom. The molecular formula is C28H27BrN6O4. The number of amides is 1. The van der Waals surface area contributed by atoms with Gasteiger partial charge in [0.25, 0.3) is 5.91 Å². The summed E-state index contributed by atoms with van der Waals surface area (Å²) >= 11 is 3.49. The van der Waals surface area contributed by atoms with Gasteiger partial charge in [-0.15, -0.1) is 0 Å². The molecule has 1 aliphatic rings. The number of benzene rings is 3. The van der Waals surface area contributed by atoms with Crippen molar-refractivity contribution < 1.29 is 19.0 Å². The van der Waals surface area contributed by atoms with Crippen molar-refractivity contribution in [2.75, 3.05) is 24.4 Å². The van der Waals surface area contributed by atoms with Gasteiger partial charge in [0, 0.05) is 10.2 Å². The Morgan fingerprint density at radius 3 is 2.69 bits per heavy atom. The Balaban J connectivity index is 1.47. The first-order valence-corrected chi connectivity index (χ1v) is 13.1. The van der Waals surface area contributed by atoms with E-state index in [1.807, 2.05) is 74.5 Å². The van der Waals surface area contributed by atoms with Crippen molar-refractivity contribution in [3.05, 3.63) is 93.6 Å². The van der Waals surface area contributed by atoms with Gasteiger partial charge in [-0.05, 0) is 71.8 Å². The summed E-state index contributed by atoms with van der Waals surface area (Å²) in [7, 11) is 1.58. The Morgan fingerprint density at radius 1 is 1.05 bits per heavy atom. The Hall–Kier alpha value is -4.38. The van der Waals surface area contributed by atoms with Crippen LogP contribution in [-0.2, 0) is 11.4 Å². The summed E-state index contributed by atoms with van der Waals surface area (Å²) in [4.78, 5) is 13.8. The molecule has 1 atom stereocenters. The number of hydrogen-bond acceptors (Lipinski definition) is 8. The number of fused-ring (bicyclic) bond motifs is 1. The lowest BCUT2D eigenvalue weighted by molar-refractivity contribution is -0.113. The normalized spacial score (nSPS) is 14.3. The number of allylic oxidation sites excluding steroid dienone is 1. The highest BCUT2D eigenvalue weighted by atomic mass is 79.9. The average molecular weight is 591 g/mol. The Labute approximate surface area is 234 Å². The molecule has 2 heterocycles. The lowest BCUT2D eigenvalue weighted by Gasteiger charge is -2.28. The van der Waals surface area contributed by atoms with Gasteiger partial charge in [0.2, 0.25) is 5.95 Å². The van der Waals surface area contributed by atoms with Crippen molar-refractivity contribution in [2.45, 2.75) is 26.5 Å². The predicted octanol–water partition coefficient (Wildman–Crippen LogP) is 5.35. The molecule has 0 spiro atoms. The van der Waals surface area contributed by atoms with E-state index < -0.39 is 6.04 Å². The van der Waals surface area contributed by atoms with Gasteiger partial charge < -0.3 is 24.8 Å². The number of nitrogens with one attached hydrogen (secondary N) is 2. The first-order valence-electron chi connectivity index (χ1n) is 12.3. The van der Waals surface area contributed by atoms with Crippen LogP contribution in [0.5, 0.6) is 17.2 Å². The van der Waals surface area contributed by atoms with Gasteiger partial charge in [-0.25, -0.2) is 0 Å². The van der Waals surface area contributed by atoms with Crippen LogP contribution >= 0.6 is 15.9 Å². The van der Waals surface area contributed by atoms with Crippen LogP contribution in [0.4, 0.5) is 11.6 Å². The number of para-hydroxylation sites is 2. The molecule has 0 aliphatic carbocycles. The molecule has 0 saturated carbocycles. The lowest BCUT2D eigenvalue weighted by Crippen LogP contribution is -2.31. The van der Waals surface area contributed by atoms with Crippen molar-refractivity contribution in [2.24, 2.45) is 0 Å². The number of aromatic nitrogens is 4. The quantitative estimate of drug-likeness (QED) is 0.268. The van der Waals surface area contributed by atoms with Gasteiger partial charge >= 0.3 is 0 Å². The number of halogens is 1. The third-order valence-electron chi connectivity index (χ3n) is 6.18. The van der Waals surface area contributed by atoms with Crippen molar-refractivity contribution in [3.63, 3.8) is 0 Å². The molecule has 2 N–H and O–H groups in total. The number of ether oxygens (including phenoxy) is 3. The first kappa shape index (κ1) is 26.2. The van der Waals surface area contributed by atoms with E-state index in [4.69, 9.17) is 14.2 Å². The van der Waals surface area contributed by atoms with Crippen molar-refractivity contribution in [3.8, 4) is 17.2 Å². The highest BCUT2D eigenvalue weighted by molar-refractivity contribution is 9.10. The molecule has 3 aromatic carbocycles. The maximum absolute atomic E-state index is 13.8. The summed E-state index contributed by atoms with van der Waals surface area (Å²) < 4.78 is 20.0. The maximum atomic E-state index is 13.8. The van der Waals surface area contributed by atoms with Crippen LogP contribution in [0, 0.1) is 0 Å². The SMILES string of the molecule is CCOc1ccccc1NC(=O)C1=C(C)Nc2nnnn2C1c1ccc(OCc2cccc(Br)c2)c(OC)c1. The van der Waals surface area contributed by atoms with Crippen LogP contribution in [-0.4, -0.2) is 39.8 Å². The molecule has 0 bridgehead atoms. The van der Waals surface area contributed by atoms with Crippen LogP contribution in [0.2, 0.25) is 0 Å². The van der Waals surface area contributed by atoms with Gasteiger partial charge in [-0.1, -0.05) is 51.4 Å². The molecule has 0 saturated heterocycles. The summed E-state index contributed by atoms with van der Waals surface area (Å²) in [5.41, 5.74) is 3.41. The number of methoxy groups -OCH3 is 1. The molecule has 1 aliphatic heterocycles. The first-order chi connectivity index (χ1) is 19.0. The summed E-state index contributed by atoms with van der Waals surface area (Å²) in [6.45, 7) is 4.56. The number of nitrogens with zero attached hydrogens (tertiary/aromatic N) is 4. The molecule has 1 unspecified atom stereocenters. The molecule has 200 valence electrons. The van der Waals surface area contributed by atoms with E-state index in [1.54, 1.807) is 17.9 Å². The van der Waals surface area contributed by atoms with Crippen LogP contribution in [0.15, 0.2) is 82.5 Å². The van der Waals surface area contributed by atoms with Crippen LogP contribution < -0.4 is 24.8 Å². The Bertz CT molecular complexity index is 1540. The molecule has 1 aromatic heterocycles. The monoisotopic (exact) mass is 590 g/mol. The van der Waals surface area contributed by atoms with E-state index in [1.165, 1.54) is 0 Å². The van der Waals surface area contributed by atoms with Crippen molar-refractivity contribution in [1.29, 1.82) is 0 Å². The minimum absolute atomic E-state index is 0.313.